The molecular formula is C21H23NO5S. The first-order valence-corrected chi connectivity index (χ1v) is 10.4. The van der Waals surface area contributed by atoms with Crippen molar-refractivity contribution in [3.05, 3.63) is 45.1 Å². The van der Waals surface area contributed by atoms with Crippen molar-refractivity contribution >= 4 is 23.2 Å². The maximum Gasteiger partial charge on any atom is 0.348 e. The van der Waals surface area contributed by atoms with Crippen molar-refractivity contribution in [2.45, 2.75) is 39.2 Å². The van der Waals surface area contributed by atoms with Crippen LogP contribution >= 0.6 is 11.3 Å². The van der Waals surface area contributed by atoms with E-state index < -0.39 is 5.97 Å². The van der Waals surface area contributed by atoms with Gasteiger partial charge in [0.1, 0.15) is 4.88 Å². The number of fused-ring (bicyclic) bond motifs is 2. The standard InChI is InChI=1S/C21H23NO5S/c1-2-13-4-6-18-15(7-13)9-19(28-18)21(24)25-11-20(23)22-10-14-3-5-16-17(8-14)27-12-26-16/h3,5,8-9,13H,2,4,6-7,10-12H2,1H3,(H,22,23)/t13-/m1/s1. The van der Waals surface area contributed by atoms with E-state index in [2.05, 4.69) is 12.2 Å². The first-order chi connectivity index (χ1) is 13.6. The van der Waals surface area contributed by atoms with Crippen LogP contribution in [0.3, 0.4) is 0 Å². The second-order valence-corrected chi connectivity index (χ2v) is 8.25. The van der Waals surface area contributed by atoms with Gasteiger partial charge in [-0.15, -0.1) is 11.3 Å². The minimum atomic E-state index is -0.425. The fourth-order valence-electron chi connectivity index (χ4n) is 3.55. The quantitative estimate of drug-likeness (QED) is 0.751. The number of hydrogen-bond donors (Lipinski definition) is 1. The highest BCUT2D eigenvalue weighted by molar-refractivity contribution is 7.14. The molecule has 28 heavy (non-hydrogen) atoms. The molecule has 1 aliphatic carbocycles. The van der Waals surface area contributed by atoms with Gasteiger partial charge in [0.25, 0.3) is 5.91 Å². The molecular weight excluding hydrogens is 378 g/mol. The third-order valence-electron chi connectivity index (χ3n) is 5.22. The molecule has 4 rings (SSSR count). The Morgan fingerprint density at radius 1 is 1.25 bits per heavy atom. The summed E-state index contributed by atoms with van der Waals surface area (Å²) in [5, 5.41) is 2.75. The second-order valence-electron chi connectivity index (χ2n) is 7.12. The lowest BCUT2D eigenvalue weighted by molar-refractivity contribution is -0.124. The Morgan fingerprint density at radius 3 is 2.96 bits per heavy atom. The van der Waals surface area contributed by atoms with Gasteiger partial charge in [-0.1, -0.05) is 19.4 Å². The molecule has 1 aromatic carbocycles. The summed E-state index contributed by atoms with van der Waals surface area (Å²) in [6.07, 6.45) is 4.41. The molecule has 1 atom stereocenters. The molecule has 2 aromatic rings. The molecule has 0 saturated carbocycles. The van der Waals surface area contributed by atoms with Gasteiger partial charge in [-0.25, -0.2) is 4.79 Å². The van der Waals surface area contributed by atoms with Gasteiger partial charge in [-0.2, -0.15) is 0 Å². The monoisotopic (exact) mass is 401 g/mol. The van der Waals surface area contributed by atoms with E-state index >= 15 is 0 Å². The third-order valence-corrected chi connectivity index (χ3v) is 6.44. The average Bonchev–Trinajstić information content (AvgIpc) is 3.35. The van der Waals surface area contributed by atoms with Crippen molar-refractivity contribution < 1.29 is 23.8 Å². The molecule has 6 nitrogen and oxygen atoms in total. The van der Waals surface area contributed by atoms with Crippen LogP contribution in [0.2, 0.25) is 0 Å². The van der Waals surface area contributed by atoms with E-state index in [0.717, 1.165) is 18.4 Å². The van der Waals surface area contributed by atoms with E-state index in [4.69, 9.17) is 14.2 Å². The number of rotatable bonds is 6. The maximum absolute atomic E-state index is 12.3. The lowest BCUT2D eigenvalue weighted by Crippen LogP contribution is -2.28. The minimum absolute atomic E-state index is 0.215. The highest BCUT2D eigenvalue weighted by atomic mass is 32.1. The summed E-state index contributed by atoms with van der Waals surface area (Å²) in [6, 6.07) is 7.44. The molecule has 1 amide bonds. The summed E-state index contributed by atoms with van der Waals surface area (Å²) < 4.78 is 15.8. The smallest absolute Gasteiger partial charge is 0.348 e. The lowest BCUT2D eigenvalue weighted by Gasteiger charge is -2.19. The lowest BCUT2D eigenvalue weighted by atomic mass is 9.87. The van der Waals surface area contributed by atoms with Crippen LogP contribution in [0, 0.1) is 5.92 Å². The number of esters is 1. The normalized spacial score (nSPS) is 17.1. The molecule has 7 heteroatoms. The zero-order valence-corrected chi connectivity index (χ0v) is 16.6. The fourth-order valence-corrected chi connectivity index (χ4v) is 4.66. The maximum atomic E-state index is 12.3. The predicted octanol–water partition coefficient (Wildman–Crippen LogP) is 3.46. The van der Waals surface area contributed by atoms with Gasteiger partial charge in [0.2, 0.25) is 6.79 Å². The summed E-state index contributed by atoms with van der Waals surface area (Å²) >= 11 is 1.50. The number of carbonyl (C=O) groups excluding carboxylic acids is 2. The molecule has 0 unspecified atom stereocenters. The molecule has 0 radical (unpaired) electrons. The van der Waals surface area contributed by atoms with Crippen LogP contribution < -0.4 is 14.8 Å². The number of thiophene rings is 1. The highest BCUT2D eigenvalue weighted by Gasteiger charge is 2.23. The number of ether oxygens (including phenoxy) is 3. The van der Waals surface area contributed by atoms with Crippen molar-refractivity contribution in [1.82, 2.24) is 5.32 Å². The largest absolute Gasteiger partial charge is 0.454 e. The summed E-state index contributed by atoms with van der Waals surface area (Å²) in [6.45, 7) is 2.47. The van der Waals surface area contributed by atoms with Crippen LogP contribution in [0.5, 0.6) is 11.5 Å². The molecule has 1 aliphatic heterocycles. The minimum Gasteiger partial charge on any atom is -0.454 e. The number of hydrogen-bond acceptors (Lipinski definition) is 6. The molecule has 0 fully saturated rings. The predicted molar refractivity (Wildman–Crippen MR) is 105 cm³/mol. The zero-order valence-electron chi connectivity index (χ0n) is 15.8. The Morgan fingerprint density at radius 2 is 2.11 bits per heavy atom. The van der Waals surface area contributed by atoms with Gasteiger partial charge in [0.05, 0.1) is 0 Å². The van der Waals surface area contributed by atoms with Gasteiger partial charge in [-0.05, 0) is 54.5 Å². The highest BCUT2D eigenvalue weighted by Crippen LogP contribution is 2.34. The van der Waals surface area contributed by atoms with Crippen LogP contribution in [0.4, 0.5) is 0 Å². The topological polar surface area (TPSA) is 73.9 Å². The molecule has 0 spiro atoms. The third kappa shape index (κ3) is 4.14. The molecule has 148 valence electrons. The SMILES string of the molecule is CC[C@@H]1CCc2sc(C(=O)OCC(=O)NCc3ccc4c(c3)OCO4)cc2C1. The molecule has 0 saturated heterocycles. The average molecular weight is 401 g/mol. The fraction of sp³-hybridized carbons (Fsp3) is 0.429. The molecule has 2 heterocycles. The van der Waals surface area contributed by atoms with Gasteiger partial charge < -0.3 is 19.5 Å². The van der Waals surface area contributed by atoms with E-state index in [0.29, 0.717) is 28.8 Å². The van der Waals surface area contributed by atoms with Crippen LogP contribution in [0.25, 0.3) is 0 Å². The first-order valence-electron chi connectivity index (χ1n) is 9.56. The summed E-state index contributed by atoms with van der Waals surface area (Å²) in [5.74, 6) is 1.31. The van der Waals surface area contributed by atoms with Gasteiger partial charge in [-0.3, -0.25) is 4.79 Å². The van der Waals surface area contributed by atoms with E-state index in [1.54, 1.807) is 0 Å². The molecule has 1 N–H and O–H groups in total. The van der Waals surface area contributed by atoms with E-state index in [1.165, 1.54) is 34.6 Å². The molecule has 0 bridgehead atoms. The summed E-state index contributed by atoms with van der Waals surface area (Å²) in [7, 11) is 0. The Balaban J connectivity index is 1.26. The zero-order chi connectivity index (χ0) is 19.5. The first kappa shape index (κ1) is 18.8. The Kier molecular flexibility index (Phi) is 5.52. The molecule has 1 aromatic heterocycles. The Bertz CT molecular complexity index is 891. The van der Waals surface area contributed by atoms with E-state index in [1.807, 2.05) is 24.3 Å². The van der Waals surface area contributed by atoms with Crippen molar-refractivity contribution in [1.29, 1.82) is 0 Å². The van der Waals surface area contributed by atoms with E-state index in [-0.39, 0.29) is 19.3 Å². The van der Waals surface area contributed by atoms with Crippen LogP contribution in [0.1, 0.15) is 45.4 Å². The van der Waals surface area contributed by atoms with Crippen LogP contribution in [-0.4, -0.2) is 25.3 Å². The van der Waals surface area contributed by atoms with Crippen molar-refractivity contribution in [3.63, 3.8) is 0 Å². The van der Waals surface area contributed by atoms with Gasteiger partial charge >= 0.3 is 5.97 Å². The molecule has 2 aliphatic rings. The Labute approximate surface area is 167 Å². The van der Waals surface area contributed by atoms with Crippen molar-refractivity contribution in [2.24, 2.45) is 5.92 Å². The summed E-state index contributed by atoms with van der Waals surface area (Å²) in [5.41, 5.74) is 2.16. The number of carbonyl (C=O) groups is 2. The number of amides is 1. The Hall–Kier alpha value is -2.54. The van der Waals surface area contributed by atoms with Crippen molar-refractivity contribution in [3.8, 4) is 11.5 Å². The second kappa shape index (κ2) is 8.22. The van der Waals surface area contributed by atoms with Crippen LogP contribution in [0.15, 0.2) is 24.3 Å². The van der Waals surface area contributed by atoms with E-state index in [9.17, 15) is 9.59 Å². The number of nitrogens with one attached hydrogen (secondary N) is 1. The number of benzene rings is 1. The van der Waals surface area contributed by atoms with Gasteiger partial charge in [0, 0.05) is 11.4 Å². The summed E-state index contributed by atoms with van der Waals surface area (Å²) in [4.78, 5) is 26.2. The van der Waals surface area contributed by atoms with Gasteiger partial charge in [0.15, 0.2) is 18.1 Å². The van der Waals surface area contributed by atoms with Crippen LogP contribution in [-0.2, 0) is 28.9 Å². The number of aryl methyl sites for hydroxylation is 1. The van der Waals surface area contributed by atoms with Crippen molar-refractivity contribution in [2.75, 3.05) is 13.4 Å².